The smallest absolute Gasteiger partial charge is 0.254 e. The van der Waals surface area contributed by atoms with Crippen LogP contribution in [0.1, 0.15) is 40.4 Å². The number of rotatable bonds is 6. The Balaban J connectivity index is 1.43. The number of methoxy groups -OCH3 is 1. The Morgan fingerprint density at radius 3 is 2.57 bits per heavy atom. The van der Waals surface area contributed by atoms with Gasteiger partial charge in [-0.2, -0.15) is 0 Å². The molecule has 3 aromatic carbocycles. The number of ether oxygens (including phenoxy) is 2. The first-order valence-electron chi connectivity index (χ1n) is 10.1. The van der Waals surface area contributed by atoms with Crippen LogP contribution in [0.15, 0.2) is 72.8 Å². The minimum Gasteiger partial charge on any atom is -0.497 e. The Kier molecular flexibility index (Phi) is 6.24. The lowest BCUT2D eigenvalue weighted by Gasteiger charge is -2.26. The van der Waals surface area contributed by atoms with Gasteiger partial charge in [0.05, 0.1) is 13.2 Å². The molecule has 0 spiro atoms. The van der Waals surface area contributed by atoms with E-state index in [1.165, 1.54) is 0 Å². The molecule has 1 amide bonds. The number of likely N-dealkylation sites (tertiary alicyclic amines) is 1. The van der Waals surface area contributed by atoms with Crippen LogP contribution >= 0.6 is 11.6 Å². The van der Waals surface area contributed by atoms with E-state index in [0.29, 0.717) is 17.2 Å². The zero-order valence-electron chi connectivity index (χ0n) is 16.9. The lowest BCUT2D eigenvalue weighted by Crippen LogP contribution is -2.30. The van der Waals surface area contributed by atoms with Gasteiger partial charge in [-0.05, 0) is 54.3 Å². The van der Waals surface area contributed by atoms with E-state index in [2.05, 4.69) is 0 Å². The van der Waals surface area contributed by atoms with E-state index in [1.54, 1.807) is 7.11 Å². The second-order valence-electron chi connectivity index (χ2n) is 7.34. The molecule has 1 aliphatic rings. The van der Waals surface area contributed by atoms with Gasteiger partial charge in [0.1, 0.15) is 18.1 Å². The summed E-state index contributed by atoms with van der Waals surface area (Å²) in [6.07, 6.45) is 1.91. The van der Waals surface area contributed by atoms with E-state index in [9.17, 15) is 4.79 Å². The molecule has 0 aromatic heterocycles. The van der Waals surface area contributed by atoms with Gasteiger partial charge >= 0.3 is 0 Å². The van der Waals surface area contributed by atoms with E-state index in [1.807, 2.05) is 77.7 Å². The Morgan fingerprint density at radius 2 is 1.80 bits per heavy atom. The summed E-state index contributed by atoms with van der Waals surface area (Å²) >= 11 is 6.39. The van der Waals surface area contributed by atoms with Crippen molar-refractivity contribution in [2.75, 3.05) is 13.7 Å². The number of amides is 1. The quantitative estimate of drug-likeness (QED) is 0.497. The van der Waals surface area contributed by atoms with Gasteiger partial charge in [-0.15, -0.1) is 0 Å². The van der Waals surface area contributed by atoms with Crippen molar-refractivity contribution < 1.29 is 14.3 Å². The Bertz CT molecular complexity index is 1020. The number of halogens is 1. The fraction of sp³-hybridized carbons (Fsp3) is 0.240. The summed E-state index contributed by atoms with van der Waals surface area (Å²) in [5.41, 5.74) is 2.70. The summed E-state index contributed by atoms with van der Waals surface area (Å²) in [6, 6.07) is 22.9. The molecule has 1 atom stereocenters. The zero-order chi connectivity index (χ0) is 20.9. The SMILES string of the molecule is COc1cccc(OCc2ccc(C(=O)N3CCC[C@@H]3c3ccccc3Cl)cc2)c1. The van der Waals surface area contributed by atoms with Crippen LogP contribution in [0.25, 0.3) is 0 Å². The molecular weight excluding hydrogens is 398 g/mol. The third-order valence-electron chi connectivity index (χ3n) is 5.43. The summed E-state index contributed by atoms with van der Waals surface area (Å²) in [4.78, 5) is 15.1. The van der Waals surface area contributed by atoms with Gasteiger partial charge in [0.25, 0.3) is 5.91 Å². The largest absolute Gasteiger partial charge is 0.497 e. The molecule has 3 aromatic rings. The van der Waals surface area contributed by atoms with Crippen molar-refractivity contribution in [3.8, 4) is 11.5 Å². The molecule has 0 bridgehead atoms. The highest BCUT2D eigenvalue weighted by Gasteiger charge is 2.31. The minimum absolute atomic E-state index is 0.0299. The number of carbonyl (C=O) groups is 1. The Hall–Kier alpha value is -2.98. The van der Waals surface area contributed by atoms with Crippen molar-refractivity contribution >= 4 is 17.5 Å². The first kappa shape index (κ1) is 20.3. The molecule has 30 heavy (non-hydrogen) atoms. The fourth-order valence-electron chi connectivity index (χ4n) is 3.85. The van der Waals surface area contributed by atoms with Gasteiger partial charge in [-0.25, -0.2) is 0 Å². The average molecular weight is 422 g/mol. The van der Waals surface area contributed by atoms with Crippen LogP contribution < -0.4 is 9.47 Å². The average Bonchev–Trinajstić information content (AvgIpc) is 3.27. The first-order chi connectivity index (χ1) is 14.7. The number of carbonyl (C=O) groups excluding carboxylic acids is 1. The van der Waals surface area contributed by atoms with Gasteiger partial charge in [0, 0.05) is 23.2 Å². The molecule has 0 saturated carbocycles. The van der Waals surface area contributed by atoms with Crippen molar-refractivity contribution in [2.45, 2.75) is 25.5 Å². The fourth-order valence-corrected chi connectivity index (χ4v) is 4.11. The lowest BCUT2D eigenvalue weighted by molar-refractivity contribution is 0.0735. The maximum absolute atomic E-state index is 13.1. The Labute approximate surface area is 182 Å². The molecule has 5 heteroatoms. The molecule has 0 N–H and O–H groups in total. The highest BCUT2D eigenvalue weighted by atomic mass is 35.5. The topological polar surface area (TPSA) is 38.8 Å². The molecule has 1 fully saturated rings. The molecule has 0 unspecified atom stereocenters. The van der Waals surface area contributed by atoms with Crippen LogP contribution in [-0.2, 0) is 6.61 Å². The Morgan fingerprint density at radius 1 is 1.03 bits per heavy atom. The number of hydrogen-bond donors (Lipinski definition) is 0. The molecule has 4 nitrogen and oxygen atoms in total. The van der Waals surface area contributed by atoms with Crippen molar-refractivity contribution in [3.63, 3.8) is 0 Å². The second kappa shape index (κ2) is 9.23. The van der Waals surface area contributed by atoms with Gasteiger partial charge in [-0.1, -0.05) is 48.0 Å². The van der Waals surface area contributed by atoms with Crippen LogP contribution in [0.4, 0.5) is 0 Å². The highest BCUT2D eigenvalue weighted by molar-refractivity contribution is 6.31. The molecule has 154 valence electrons. The number of hydrogen-bond acceptors (Lipinski definition) is 3. The summed E-state index contributed by atoms with van der Waals surface area (Å²) in [5, 5.41) is 0.715. The third kappa shape index (κ3) is 4.44. The maximum Gasteiger partial charge on any atom is 0.254 e. The molecule has 0 aliphatic carbocycles. The van der Waals surface area contributed by atoms with Gasteiger partial charge < -0.3 is 14.4 Å². The van der Waals surface area contributed by atoms with Crippen molar-refractivity contribution in [1.29, 1.82) is 0 Å². The molecule has 1 aliphatic heterocycles. The van der Waals surface area contributed by atoms with Crippen LogP contribution in [0.2, 0.25) is 5.02 Å². The lowest BCUT2D eigenvalue weighted by atomic mass is 10.0. The predicted molar refractivity (Wildman–Crippen MR) is 118 cm³/mol. The molecule has 1 saturated heterocycles. The van der Waals surface area contributed by atoms with E-state index in [4.69, 9.17) is 21.1 Å². The van der Waals surface area contributed by atoms with E-state index in [-0.39, 0.29) is 11.9 Å². The highest BCUT2D eigenvalue weighted by Crippen LogP contribution is 2.36. The summed E-state index contributed by atoms with van der Waals surface area (Å²) in [6.45, 7) is 1.17. The van der Waals surface area contributed by atoms with Crippen LogP contribution in [0, 0.1) is 0 Å². The summed E-state index contributed by atoms with van der Waals surface area (Å²) in [7, 11) is 1.63. The molecule has 0 radical (unpaired) electrons. The maximum atomic E-state index is 13.1. The predicted octanol–water partition coefficient (Wildman–Crippen LogP) is 5.90. The molecule has 1 heterocycles. The van der Waals surface area contributed by atoms with Crippen molar-refractivity contribution in [3.05, 3.63) is 94.5 Å². The van der Waals surface area contributed by atoms with Gasteiger partial charge in [-0.3, -0.25) is 4.79 Å². The monoisotopic (exact) mass is 421 g/mol. The van der Waals surface area contributed by atoms with E-state index < -0.39 is 0 Å². The first-order valence-corrected chi connectivity index (χ1v) is 10.4. The van der Waals surface area contributed by atoms with Crippen molar-refractivity contribution in [1.82, 2.24) is 4.90 Å². The van der Waals surface area contributed by atoms with Crippen LogP contribution in [0.5, 0.6) is 11.5 Å². The number of nitrogens with zero attached hydrogens (tertiary/aromatic N) is 1. The second-order valence-corrected chi connectivity index (χ2v) is 7.75. The van der Waals surface area contributed by atoms with Crippen LogP contribution in [-0.4, -0.2) is 24.5 Å². The van der Waals surface area contributed by atoms with Crippen molar-refractivity contribution in [2.24, 2.45) is 0 Å². The molecular formula is C25H24ClNO3. The normalized spacial score (nSPS) is 15.8. The van der Waals surface area contributed by atoms with Gasteiger partial charge in [0.2, 0.25) is 0 Å². The standard InChI is InChI=1S/C25H24ClNO3/c1-29-20-6-4-7-21(16-20)30-17-18-11-13-19(14-12-18)25(28)27-15-5-10-24(27)22-8-2-3-9-23(22)26/h2-4,6-9,11-14,16,24H,5,10,15,17H2,1H3/t24-/m1/s1. The van der Waals surface area contributed by atoms with E-state index >= 15 is 0 Å². The molecule has 4 rings (SSSR count). The minimum atomic E-state index is 0.0299. The van der Waals surface area contributed by atoms with Crippen LogP contribution in [0.3, 0.4) is 0 Å². The summed E-state index contributed by atoms with van der Waals surface area (Å²) in [5.74, 6) is 1.54. The number of benzene rings is 3. The van der Waals surface area contributed by atoms with Gasteiger partial charge in [0.15, 0.2) is 0 Å². The van der Waals surface area contributed by atoms with E-state index in [0.717, 1.165) is 42.0 Å². The summed E-state index contributed by atoms with van der Waals surface area (Å²) < 4.78 is 11.0. The zero-order valence-corrected chi connectivity index (χ0v) is 17.6. The third-order valence-corrected chi connectivity index (χ3v) is 5.77.